The quantitative estimate of drug-likeness (QED) is 0.747. The van der Waals surface area contributed by atoms with Crippen LogP contribution < -0.4 is 14.4 Å². The van der Waals surface area contributed by atoms with Crippen molar-refractivity contribution in [2.24, 2.45) is 5.92 Å². The van der Waals surface area contributed by atoms with Crippen LogP contribution in [-0.2, 0) is 10.4 Å². The third-order valence-corrected chi connectivity index (χ3v) is 6.57. The van der Waals surface area contributed by atoms with Gasteiger partial charge in [-0.05, 0) is 43.0 Å². The molecule has 2 aromatic carbocycles. The molecule has 2 aromatic rings. The Morgan fingerprint density at radius 3 is 2.68 bits per heavy atom. The predicted octanol–water partition coefficient (Wildman–Crippen LogP) is 2.91. The Morgan fingerprint density at radius 1 is 1.13 bits per heavy atom. The molecule has 0 aliphatic carbocycles. The Labute approximate surface area is 181 Å². The van der Waals surface area contributed by atoms with Gasteiger partial charge in [0.1, 0.15) is 0 Å². The van der Waals surface area contributed by atoms with E-state index in [9.17, 15) is 14.7 Å². The number of ether oxygens (including phenoxy) is 2. The van der Waals surface area contributed by atoms with Crippen molar-refractivity contribution >= 4 is 17.4 Å². The highest BCUT2D eigenvalue weighted by atomic mass is 16.7. The zero-order valence-corrected chi connectivity index (χ0v) is 17.5. The van der Waals surface area contributed by atoms with E-state index in [0.29, 0.717) is 40.9 Å². The maximum atomic E-state index is 13.4. The first kappa shape index (κ1) is 20.0. The van der Waals surface area contributed by atoms with Gasteiger partial charge in [-0.25, -0.2) is 0 Å². The van der Waals surface area contributed by atoms with Crippen LogP contribution in [0.2, 0.25) is 0 Å². The van der Waals surface area contributed by atoms with Crippen molar-refractivity contribution in [1.82, 2.24) is 4.90 Å². The fraction of sp³-hybridized carbons (Fsp3) is 0.417. The van der Waals surface area contributed by atoms with E-state index in [1.165, 1.54) is 0 Å². The molecule has 0 bridgehead atoms. The molecule has 3 aliphatic rings. The molecule has 1 amide bonds. The van der Waals surface area contributed by atoms with Gasteiger partial charge in [0.25, 0.3) is 5.91 Å². The van der Waals surface area contributed by atoms with E-state index in [0.717, 1.165) is 25.9 Å². The average Bonchev–Trinajstić information content (AvgIpc) is 3.32. The zero-order valence-electron chi connectivity index (χ0n) is 17.5. The standard InChI is InChI=1S/C24H26N2O5/c1-16-8-10-25(11-9-16)14-26-19-5-3-2-4-18(19)24(29,23(26)28)13-20(27)17-6-7-21-22(12-17)31-15-30-21/h2-7,12,16,29H,8-11,13-15H2,1H3. The topological polar surface area (TPSA) is 79.3 Å². The predicted molar refractivity (Wildman–Crippen MR) is 114 cm³/mol. The van der Waals surface area contributed by atoms with E-state index in [4.69, 9.17) is 9.47 Å². The minimum atomic E-state index is -1.88. The maximum absolute atomic E-state index is 13.4. The van der Waals surface area contributed by atoms with Crippen LogP contribution in [-0.4, -0.2) is 48.2 Å². The van der Waals surface area contributed by atoms with Crippen LogP contribution in [0.25, 0.3) is 0 Å². The number of likely N-dealkylation sites (tertiary alicyclic amines) is 1. The second kappa shape index (κ2) is 7.66. The molecular formula is C24H26N2O5. The maximum Gasteiger partial charge on any atom is 0.265 e. The molecule has 0 aromatic heterocycles. The van der Waals surface area contributed by atoms with Crippen LogP contribution in [0.15, 0.2) is 42.5 Å². The van der Waals surface area contributed by atoms with Crippen LogP contribution in [0.3, 0.4) is 0 Å². The van der Waals surface area contributed by atoms with Gasteiger partial charge in [-0.2, -0.15) is 0 Å². The third kappa shape index (κ3) is 3.47. The summed E-state index contributed by atoms with van der Waals surface area (Å²) in [6, 6.07) is 12.1. The van der Waals surface area contributed by atoms with Crippen molar-refractivity contribution in [2.75, 3.05) is 31.5 Å². The number of hydrogen-bond donors (Lipinski definition) is 1. The summed E-state index contributed by atoms with van der Waals surface area (Å²) in [5.74, 6) is 1.00. The van der Waals surface area contributed by atoms with E-state index < -0.39 is 11.5 Å². The van der Waals surface area contributed by atoms with Crippen LogP contribution >= 0.6 is 0 Å². The fourth-order valence-electron chi connectivity index (χ4n) is 4.63. The molecule has 1 N–H and O–H groups in total. The summed E-state index contributed by atoms with van der Waals surface area (Å²) in [5, 5.41) is 11.5. The lowest BCUT2D eigenvalue weighted by Crippen LogP contribution is -2.48. The monoisotopic (exact) mass is 422 g/mol. The lowest BCUT2D eigenvalue weighted by molar-refractivity contribution is -0.136. The van der Waals surface area contributed by atoms with Gasteiger partial charge in [-0.15, -0.1) is 0 Å². The van der Waals surface area contributed by atoms with Crippen molar-refractivity contribution < 1.29 is 24.2 Å². The van der Waals surface area contributed by atoms with Gasteiger partial charge in [-0.1, -0.05) is 25.1 Å². The lowest BCUT2D eigenvalue weighted by atomic mass is 9.88. The normalized spacial score (nSPS) is 23.3. The number of nitrogens with zero attached hydrogens (tertiary/aromatic N) is 2. The summed E-state index contributed by atoms with van der Waals surface area (Å²) in [7, 11) is 0. The summed E-state index contributed by atoms with van der Waals surface area (Å²) in [6.45, 7) is 4.62. The Hall–Kier alpha value is -2.90. The third-order valence-electron chi connectivity index (χ3n) is 6.57. The molecule has 3 aliphatic heterocycles. The zero-order chi connectivity index (χ0) is 21.6. The van der Waals surface area contributed by atoms with Crippen LogP contribution in [0.1, 0.15) is 42.1 Å². The molecule has 162 valence electrons. The van der Waals surface area contributed by atoms with Gasteiger partial charge in [0.2, 0.25) is 6.79 Å². The number of benzene rings is 2. The van der Waals surface area contributed by atoms with Gasteiger partial charge in [0, 0.05) is 24.2 Å². The van der Waals surface area contributed by atoms with Gasteiger partial charge in [0.05, 0.1) is 18.8 Å². The van der Waals surface area contributed by atoms with Crippen molar-refractivity contribution in [1.29, 1.82) is 0 Å². The number of para-hydroxylation sites is 1. The molecule has 7 nitrogen and oxygen atoms in total. The van der Waals surface area contributed by atoms with Crippen molar-refractivity contribution in [3.63, 3.8) is 0 Å². The van der Waals surface area contributed by atoms with Gasteiger partial charge in [0.15, 0.2) is 22.9 Å². The highest BCUT2D eigenvalue weighted by molar-refractivity contribution is 6.10. The van der Waals surface area contributed by atoms with E-state index in [2.05, 4.69) is 11.8 Å². The average molecular weight is 422 g/mol. The SMILES string of the molecule is CC1CCN(CN2C(=O)C(O)(CC(=O)c3ccc4c(c3)OCO4)c3ccccc32)CC1. The van der Waals surface area contributed by atoms with Crippen LogP contribution in [0.5, 0.6) is 11.5 Å². The van der Waals surface area contributed by atoms with Gasteiger partial charge < -0.3 is 14.6 Å². The Balaban J connectivity index is 1.40. The number of rotatable bonds is 5. The fourth-order valence-corrected chi connectivity index (χ4v) is 4.63. The molecule has 0 saturated carbocycles. The van der Waals surface area contributed by atoms with Crippen LogP contribution in [0, 0.1) is 5.92 Å². The molecule has 31 heavy (non-hydrogen) atoms. The number of ketones is 1. The van der Waals surface area contributed by atoms with E-state index >= 15 is 0 Å². The molecule has 0 spiro atoms. The second-order valence-electron chi connectivity index (χ2n) is 8.72. The Kier molecular flexibility index (Phi) is 4.95. The van der Waals surface area contributed by atoms with Gasteiger partial charge in [-0.3, -0.25) is 19.4 Å². The molecule has 1 saturated heterocycles. The molecule has 1 fully saturated rings. The molecule has 5 rings (SSSR count). The molecule has 0 radical (unpaired) electrons. The largest absolute Gasteiger partial charge is 0.454 e. The molecule has 7 heteroatoms. The number of hydrogen-bond acceptors (Lipinski definition) is 6. The number of amides is 1. The number of aliphatic hydroxyl groups is 1. The number of fused-ring (bicyclic) bond motifs is 2. The number of carbonyl (C=O) groups is 2. The Morgan fingerprint density at radius 2 is 1.87 bits per heavy atom. The first-order valence-electron chi connectivity index (χ1n) is 10.7. The number of anilines is 1. The molecular weight excluding hydrogens is 396 g/mol. The van der Waals surface area contributed by atoms with E-state index in [1.54, 1.807) is 35.2 Å². The van der Waals surface area contributed by atoms with Crippen molar-refractivity contribution in [3.8, 4) is 11.5 Å². The summed E-state index contributed by atoms with van der Waals surface area (Å²) in [4.78, 5) is 30.3. The Bertz CT molecular complexity index is 1030. The van der Waals surface area contributed by atoms with E-state index in [1.807, 2.05) is 12.1 Å². The van der Waals surface area contributed by atoms with Gasteiger partial charge >= 0.3 is 0 Å². The lowest BCUT2D eigenvalue weighted by Gasteiger charge is -2.34. The van der Waals surface area contributed by atoms with Crippen molar-refractivity contribution in [3.05, 3.63) is 53.6 Å². The minimum absolute atomic E-state index is 0.118. The first-order valence-corrected chi connectivity index (χ1v) is 10.7. The number of carbonyl (C=O) groups excluding carboxylic acids is 2. The minimum Gasteiger partial charge on any atom is -0.454 e. The first-order chi connectivity index (χ1) is 15.0. The molecule has 1 atom stereocenters. The van der Waals surface area contributed by atoms with Crippen molar-refractivity contribution in [2.45, 2.75) is 31.8 Å². The number of piperidine rings is 1. The summed E-state index contributed by atoms with van der Waals surface area (Å²) < 4.78 is 10.6. The smallest absolute Gasteiger partial charge is 0.265 e. The van der Waals surface area contributed by atoms with Crippen LogP contribution in [0.4, 0.5) is 5.69 Å². The van der Waals surface area contributed by atoms with E-state index in [-0.39, 0.29) is 19.0 Å². The highest BCUT2D eigenvalue weighted by Gasteiger charge is 2.51. The summed E-state index contributed by atoms with van der Waals surface area (Å²) in [5.41, 5.74) is -0.342. The highest BCUT2D eigenvalue weighted by Crippen LogP contribution is 2.43. The second-order valence-corrected chi connectivity index (χ2v) is 8.72. The number of Topliss-reactive ketones (excluding diaryl/α,β-unsaturated/α-hetero) is 1. The molecule has 3 heterocycles. The summed E-state index contributed by atoms with van der Waals surface area (Å²) >= 11 is 0. The summed E-state index contributed by atoms with van der Waals surface area (Å²) in [6.07, 6.45) is 1.86. The molecule has 1 unspecified atom stereocenters.